The third-order valence-corrected chi connectivity index (χ3v) is 8.56. The van der Waals surface area contributed by atoms with E-state index in [0.29, 0.717) is 0 Å². The van der Waals surface area contributed by atoms with Crippen LogP contribution in [0.15, 0.2) is 186 Å². The van der Waals surface area contributed by atoms with E-state index < -0.39 is 290 Å². The fraction of sp³-hybridized carbons (Fsp3) is 0. The fourth-order valence-electron chi connectivity index (χ4n) is 6.44. The fourth-order valence-corrected chi connectivity index (χ4v) is 6.44. The van der Waals surface area contributed by atoms with Crippen molar-refractivity contribution in [3.63, 3.8) is 0 Å². The molecule has 0 amide bonds. The van der Waals surface area contributed by atoms with Gasteiger partial charge in [0.15, 0.2) is 0 Å². The molecule has 0 fully saturated rings. The van der Waals surface area contributed by atoms with E-state index >= 15 is 0 Å². The molecule has 10 aromatic carbocycles. The van der Waals surface area contributed by atoms with Gasteiger partial charge in [0.25, 0.3) is 0 Å². The molecule has 11 aromatic rings. The molecule has 0 unspecified atom stereocenters. The van der Waals surface area contributed by atoms with Crippen molar-refractivity contribution in [3.05, 3.63) is 181 Å². The Hall–Kier alpha value is -6.70. The predicted octanol–water partition coefficient (Wildman–Crippen LogP) is 14.4. The maximum atomic E-state index is 10.4. The third kappa shape index (κ3) is 4.22. The van der Waals surface area contributed by atoms with Crippen LogP contribution < -0.4 is 0 Å². The van der Waals surface area contributed by atoms with Gasteiger partial charge in [0.05, 0.1) is 41.1 Å². The van der Waals surface area contributed by atoms with Crippen molar-refractivity contribution in [1.29, 1.82) is 0 Å². The molecule has 0 aliphatic heterocycles. The van der Waals surface area contributed by atoms with Crippen LogP contribution >= 0.6 is 0 Å². The smallest absolute Gasteiger partial charge is 0.143 e. The van der Waals surface area contributed by atoms with Gasteiger partial charge in [-0.2, -0.15) is 0 Å². The summed E-state index contributed by atoms with van der Waals surface area (Å²) in [6.45, 7) is 0. The number of hydrogen-bond donors (Lipinski definition) is 0. The normalized spacial score (nSPS) is 20.2. The number of rotatable bonds is 3. The summed E-state index contributed by atoms with van der Waals surface area (Å²) in [5.74, 6) is 0. The summed E-state index contributed by atoms with van der Waals surface area (Å²) in [5, 5.41) is -8.06. The minimum atomic E-state index is -1.13. The Bertz CT molecular complexity index is 4850. The molecular formula is C50H30O. The number of furan rings is 1. The summed E-state index contributed by atoms with van der Waals surface area (Å²) in [5.41, 5.74) is -6.38. The van der Waals surface area contributed by atoms with E-state index in [9.17, 15) is 17.8 Å². The third-order valence-electron chi connectivity index (χ3n) is 8.56. The Kier molecular flexibility index (Phi) is 2.50. The molecule has 0 saturated heterocycles. The Labute approximate surface area is 336 Å². The van der Waals surface area contributed by atoms with Crippen LogP contribution in [0.25, 0.3) is 109 Å². The Morgan fingerprint density at radius 1 is 0.333 bits per heavy atom. The van der Waals surface area contributed by atoms with Crippen molar-refractivity contribution in [2.24, 2.45) is 0 Å². The van der Waals surface area contributed by atoms with Crippen LogP contribution in [0.3, 0.4) is 0 Å². The van der Waals surface area contributed by atoms with Crippen LogP contribution in [-0.2, 0) is 0 Å². The van der Waals surface area contributed by atoms with Gasteiger partial charge < -0.3 is 4.42 Å². The highest BCUT2D eigenvalue weighted by molar-refractivity contribution is 6.24. The van der Waals surface area contributed by atoms with E-state index in [2.05, 4.69) is 0 Å². The minimum Gasteiger partial charge on any atom is -0.455 e. The maximum Gasteiger partial charge on any atom is 0.143 e. The van der Waals surface area contributed by atoms with Gasteiger partial charge in [-0.05, 0) is 106 Å². The summed E-state index contributed by atoms with van der Waals surface area (Å²) in [6, 6.07) is -28.6. The minimum absolute atomic E-state index is 0.440. The average Bonchev–Trinajstić information content (AvgIpc) is 2.01. The highest BCUT2D eigenvalue weighted by Gasteiger charge is 2.20. The molecule has 236 valence electrons. The van der Waals surface area contributed by atoms with Crippen molar-refractivity contribution in [2.75, 3.05) is 0 Å². The van der Waals surface area contributed by atoms with Crippen LogP contribution in [0.4, 0.5) is 0 Å². The summed E-state index contributed by atoms with van der Waals surface area (Å²) < 4.78 is 280. The van der Waals surface area contributed by atoms with E-state index in [0.717, 1.165) is 0 Å². The second-order valence-electron chi connectivity index (χ2n) is 11.3. The van der Waals surface area contributed by atoms with Crippen molar-refractivity contribution >= 4 is 75.8 Å². The van der Waals surface area contributed by atoms with Gasteiger partial charge in [-0.25, -0.2) is 0 Å². The first kappa shape index (κ1) is 11.7. The standard InChI is InChI=1S/C50H30O/c1-2-14-33-28-35(25-24-31(33)12-1)47-39-18-7-9-20-41(39)48(42-21-10-8-19-40(42)47)36-29-34-15-4-5-16-37(34)45(30-36)43-22-11-23-44-49-38-17-6-3-13-32(38)26-27-46(49)51-50(43)44/h1-30H/i1D,2D,3D,4D,5D,6D,7D,8D,9D,10D,11D,12D,13D,14D,15D,16D,17D,18D,19D,20D,21D,22D,23D,24D,25D,26D,27D,28D,29D,30D. The second-order valence-corrected chi connectivity index (χ2v) is 11.3. The molecule has 0 N–H and O–H groups in total. The first-order valence-corrected chi connectivity index (χ1v) is 15.2. The lowest BCUT2D eigenvalue weighted by Gasteiger charge is -2.19. The van der Waals surface area contributed by atoms with Gasteiger partial charge in [0.2, 0.25) is 0 Å². The van der Waals surface area contributed by atoms with Crippen molar-refractivity contribution < 1.29 is 45.5 Å². The Morgan fingerprint density at radius 2 is 0.863 bits per heavy atom. The number of hydrogen-bond acceptors (Lipinski definition) is 1. The zero-order valence-electron chi connectivity index (χ0n) is 55.4. The quantitative estimate of drug-likeness (QED) is 0.170. The number of benzene rings is 10. The molecule has 0 aliphatic rings. The molecule has 0 aliphatic carbocycles. The van der Waals surface area contributed by atoms with Gasteiger partial charge in [-0.1, -0.05) is 157 Å². The average molecular weight is 677 g/mol. The summed E-state index contributed by atoms with van der Waals surface area (Å²) in [4.78, 5) is 0. The highest BCUT2D eigenvalue weighted by Crippen LogP contribution is 2.47. The summed E-state index contributed by atoms with van der Waals surface area (Å²) in [7, 11) is 0. The van der Waals surface area contributed by atoms with Gasteiger partial charge in [0.1, 0.15) is 11.2 Å². The van der Waals surface area contributed by atoms with Crippen LogP contribution in [0, 0.1) is 0 Å². The van der Waals surface area contributed by atoms with E-state index in [4.69, 9.17) is 27.7 Å². The SMILES string of the molecule is [2H]c1c([2H])c([2H])c2c(oc3c([2H])c([2H])c4c([2H])c([2H])c([2H])c([2H])c4c32)c1-c1c([2H])c(-c2c3c([2H])c([2H])c([2H])c([2H])c3c(-c3c([2H])c([2H])c4c([2H])c([2H])c([2H])c([2H])c4c3[2H])c3c([2H])c([2H])c([2H])c([2H])c23)c([2H])c2c([2H])c([2H])c([2H])c([2H])c12. The molecule has 1 heteroatoms. The molecular weight excluding hydrogens is 617 g/mol. The van der Waals surface area contributed by atoms with Crippen molar-refractivity contribution in [1.82, 2.24) is 0 Å². The maximum absolute atomic E-state index is 10.4. The lowest BCUT2D eigenvalue weighted by Crippen LogP contribution is -1.92. The van der Waals surface area contributed by atoms with Crippen LogP contribution in [0.1, 0.15) is 41.1 Å². The summed E-state index contributed by atoms with van der Waals surface area (Å²) >= 11 is 0. The first-order chi connectivity index (χ1) is 37.8. The largest absolute Gasteiger partial charge is 0.455 e. The molecule has 1 heterocycles. The van der Waals surface area contributed by atoms with E-state index in [1.807, 2.05) is 0 Å². The lowest BCUT2D eigenvalue weighted by atomic mass is 9.84. The molecule has 0 bridgehead atoms. The highest BCUT2D eigenvalue weighted by atomic mass is 16.3. The molecule has 51 heavy (non-hydrogen) atoms. The lowest BCUT2D eigenvalue weighted by molar-refractivity contribution is 0.670. The zero-order chi connectivity index (χ0) is 59.6. The predicted molar refractivity (Wildman–Crippen MR) is 218 cm³/mol. The molecule has 1 nitrogen and oxygen atoms in total. The Balaban J connectivity index is 1.47. The van der Waals surface area contributed by atoms with E-state index in [1.54, 1.807) is 0 Å². The van der Waals surface area contributed by atoms with Crippen LogP contribution in [0.2, 0.25) is 0 Å². The van der Waals surface area contributed by atoms with Crippen LogP contribution in [-0.4, -0.2) is 0 Å². The Morgan fingerprint density at radius 3 is 1.59 bits per heavy atom. The summed E-state index contributed by atoms with van der Waals surface area (Å²) in [6.07, 6.45) is 0. The topological polar surface area (TPSA) is 13.1 Å². The van der Waals surface area contributed by atoms with Gasteiger partial charge in [0, 0.05) is 16.3 Å². The molecule has 0 saturated carbocycles. The molecule has 11 rings (SSSR count). The molecule has 1 aromatic heterocycles. The molecule has 0 spiro atoms. The van der Waals surface area contributed by atoms with E-state index in [1.165, 1.54) is 0 Å². The van der Waals surface area contributed by atoms with Crippen molar-refractivity contribution in [3.8, 4) is 33.4 Å². The monoisotopic (exact) mass is 676 g/mol. The van der Waals surface area contributed by atoms with Crippen LogP contribution in [0.5, 0.6) is 0 Å². The van der Waals surface area contributed by atoms with Gasteiger partial charge >= 0.3 is 0 Å². The molecule has 0 radical (unpaired) electrons. The first-order valence-electron chi connectivity index (χ1n) is 30.2. The number of para-hydroxylation sites is 1. The van der Waals surface area contributed by atoms with Crippen molar-refractivity contribution in [2.45, 2.75) is 0 Å². The number of fused-ring (bicyclic) bond motifs is 9. The van der Waals surface area contributed by atoms with E-state index in [-0.39, 0.29) is 0 Å². The zero-order valence-corrected chi connectivity index (χ0v) is 25.4. The van der Waals surface area contributed by atoms with Gasteiger partial charge in [-0.15, -0.1) is 0 Å². The van der Waals surface area contributed by atoms with Gasteiger partial charge in [-0.3, -0.25) is 0 Å². The second kappa shape index (κ2) is 10.9. The molecule has 0 atom stereocenters.